The first-order valence-corrected chi connectivity index (χ1v) is 22.0. The molecule has 0 heterocycles. The summed E-state index contributed by atoms with van der Waals surface area (Å²) in [5.74, 6) is 0.709. The van der Waals surface area contributed by atoms with Crippen molar-refractivity contribution < 1.29 is 53.6 Å². The van der Waals surface area contributed by atoms with Crippen molar-refractivity contribution in [3.63, 3.8) is 0 Å². The average Bonchev–Trinajstić information content (AvgIpc) is 3.70. The fourth-order valence-electron chi connectivity index (χ4n) is 14.6. The number of ketones is 4. The maximum Gasteiger partial charge on any atom is 0.308 e. The molecule has 0 spiro atoms. The summed E-state index contributed by atoms with van der Waals surface area (Å²) >= 11 is 0. The van der Waals surface area contributed by atoms with Gasteiger partial charge in [-0.05, 0) is 123 Å². The van der Waals surface area contributed by atoms with Crippen LogP contribution in [0.25, 0.3) is 0 Å². The number of aldehydes is 1. The summed E-state index contributed by atoms with van der Waals surface area (Å²) < 4.78 is 10.2. The van der Waals surface area contributed by atoms with E-state index in [1.165, 1.54) is 5.57 Å². The second-order valence-electron chi connectivity index (χ2n) is 20.1. The van der Waals surface area contributed by atoms with E-state index in [1.54, 1.807) is 31.4 Å². The lowest BCUT2D eigenvalue weighted by molar-refractivity contribution is -0.155. The molecule has 0 bridgehead atoms. The number of methoxy groups -OCH3 is 1. The fourth-order valence-corrected chi connectivity index (χ4v) is 14.6. The van der Waals surface area contributed by atoms with Gasteiger partial charge in [0.05, 0.1) is 24.7 Å². The van der Waals surface area contributed by atoms with Crippen LogP contribution in [0.5, 0.6) is 0 Å². The SMILES string of the molecule is CC12C=CC(=O)C=C1CCC1C2C(O)CC2(C)C(C(=O)COC(=O)CC(O)CC=O)CCC12.COCC(=O)C1CCC2C3CCC4=CC(=O)C=CC4(C)C3C(O)CC12C. The second kappa shape index (κ2) is 16.5. The minimum atomic E-state index is -1.10. The number of aliphatic hydroxyl groups is 3. The van der Waals surface area contributed by atoms with Crippen molar-refractivity contribution in [3.05, 3.63) is 47.6 Å². The Hall–Kier alpha value is -3.38. The Morgan fingerprint density at radius 2 is 1.20 bits per heavy atom. The standard InChI is InChI=1S/C26H34O7.C22H30O4/c1-25-9-7-16(28)11-15(25)3-4-18-19-5-6-20(26(19,2)13-21(30)24(18)25)22(31)14-33-23(32)12-17(29)8-10-27;1-21-9-8-14(23)10-13(21)4-5-15-16-6-7-17(19(25)12-26-3)22(16,2)11-18(24)20(15)21/h7,9-11,17-21,24,29-30H,3-6,8,12-14H2,1-2H3;8-10,15-18,20,24H,4-7,11-12H2,1-3H3. The van der Waals surface area contributed by atoms with Crippen molar-refractivity contribution >= 4 is 35.4 Å². The van der Waals surface area contributed by atoms with Crippen molar-refractivity contribution in [1.29, 1.82) is 0 Å². The number of carbonyl (C=O) groups is 6. The molecule has 6 fully saturated rings. The Morgan fingerprint density at radius 3 is 1.64 bits per heavy atom. The highest BCUT2D eigenvalue weighted by Gasteiger charge is 2.64. The summed E-state index contributed by atoms with van der Waals surface area (Å²) in [6, 6.07) is 0. The molecule has 8 rings (SSSR count). The minimum Gasteiger partial charge on any atom is -0.458 e. The van der Waals surface area contributed by atoms with Gasteiger partial charge in [0, 0.05) is 48.0 Å². The van der Waals surface area contributed by atoms with Crippen LogP contribution in [0.1, 0.15) is 105 Å². The molecule has 0 aromatic heterocycles. The van der Waals surface area contributed by atoms with E-state index in [4.69, 9.17) is 9.47 Å². The minimum absolute atomic E-state index is 0.00345. The van der Waals surface area contributed by atoms with Crippen LogP contribution in [0.2, 0.25) is 0 Å². The van der Waals surface area contributed by atoms with Crippen LogP contribution in [0.3, 0.4) is 0 Å². The molecule has 8 aliphatic rings. The van der Waals surface area contributed by atoms with Crippen LogP contribution in [-0.2, 0) is 38.2 Å². The zero-order chi connectivity index (χ0) is 42.7. The van der Waals surface area contributed by atoms with Crippen LogP contribution in [0, 0.1) is 69.0 Å². The van der Waals surface area contributed by atoms with E-state index < -0.39 is 24.3 Å². The molecule has 11 nitrogen and oxygen atoms in total. The van der Waals surface area contributed by atoms with E-state index in [-0.39, 0.29) is 106 Å². The first kappa shape index (κ1) is 43.7. The summed E-state index contributed by atoms with van der Waals surface area (Å²) in [7, 11) is 1.57. The van der Waals surface area contributed by atoms with Gasteiger partial charge in [-0.2, -0.15) is 0 Å². The molecule has 6 saturated carbocycles. The van der Waals surface area contributed by atoms with Crippen molar-refractivity contribution in [3.8, 4) is 0 Å². The average molecular weight is 817 g/mol. The lowest BCUT2D eigenvalue weighted by atomic mass is 9.46. The summed E-state index contributed by atoms with van der Waals surface area (Å²) in [5.41, 5.74) is 1.21. The third kappa shape index (κ3) is 7.54. The normalized spacial score (nSPS) is 43.2. The summed E-state index contributed by atoms with van der Waals surface area (Å²) in [5, 5.41) is 32.2. The Bertz CT molecular complexity index is 1860. The predicted molar refractivity (Wildman–Crippen MR) is 217 cm³/mol. The Balaban J connectivity index is 0.000000184. The highest BCUT2D eigenvalue weighted by Crippen LogP contribution is 2.67. The first-order chi connectivity index (χ1) is 27.9. The Labute approximate surface area is 348 Å². The highest BCUT2D eigenvalue weighted by atomic mass is 16.5. The van der Waals surface area contributed by atoms with Gasteiger partial charge in [0.25, 0.3) is 0 Å². The topological polar surface area (TPSA) is 182 Å². The number of carbonyl (C=O) groups excluding carboxylic acids is 6. The predicted octanol–water partition coefficient (Wildman–Crippen LogP) is 5.43. The number of Topliss-reactive ketones (excluding diaryl/α,β-unsaturated/α-hetero) is 2. The van der Waals surface area contributed by atoms with Crippen LogP contribution in [0.4, 0.5) is 0 Å². The van der Waals surface area contributed by atoms with Gasteiger partial charge in [0.1, 0.15) is 19.5 Å². The van der Waals surface area contributed by atoms with Crippen LogP contribution in [-0.4, -0.2) is 89.3 Å². The number of aliphatic hydroxyl groups excluding tert-OH is 3. The molecule has 0 saturated heterocycles. The smallest absolute Gasteiger partial charge is 0.308 e. The molecule has 322 valence electrons. The van der Waals surface area contributed by atoms with Gasteiger partial charge in [-0.3, -0.25) is 24.0 Å². The highest BCUT2D eigenvalue weighted by molar-refractivity contribution is 6.01. The summed E-state index contributed by atoms with van der Waals surface area (Å²) in [4.78, 5) is 71.8. The molecular formula is C48H64O11. The van der Waals surface area contributed by atoms with Gasteiger partial charge < -0.3 is 29.6 Å². The third-order valence-electron chi connectivity index (χ3n) is 17.2. The van der Waals surface area contributed by atoms with Crippen LogP contribution < -0.4 is 0 Å². The summed E-state index contributed by atoms with van der Waals surface area (Å²) in [6.07, 6.45) is 17.2. The first-order valence-electron chi connectivity index (χ1n) is 22.0. The number of allylic oxidation sites excluding steroid dienone is 8. The van der Waals surface area contributed by atoms with E-state index in [9.17, 15) is 44.1 Å². The van der Waals surface area contributed by atoms with Crippen molar-refractivity contribution in [2.75, 3.05) is 20.3 Å². The number of esters is 1. The fraction of sp³-hybridized carbons (Fsp3) is 0.708. The second-order valence-corrected chi connectivity index (χ2v) is 20.1. The van der Waals surface area contributed by atoms with Gasteiger partial charge in [-0.1, -0.05) is 51.0 Å². The molecule has 3 N–H and O–H groups in total. The molecule has 0 radical (unpaired) electrons. The van der Waals surface area contributed by atoms with E-state index in [0.717, 1.165) is 50.5 Å². The van der Waals surface area contributed by atoms with Crippen molar-refractivity contribution in [1.82, 2.24) is 0 Å². The van der Waals surface area contributed by atoms with Gasteiger partial charge >= 0.3 is 5.97 Å². The van der Waals surface area contributed by atoms with E-state index in [2.05, 4.69) is 27.7 Å². The van der Waals surface area contributed by atoms with Gasteiger partial charge in [-0.25, -0.2) is 0 Å². The Morgan fingerprint density at radius 1 is 0.746 bits per heavy atom. The maximum atomic E-state index is 13.1. The molecular weight excluding hydrogens is 753 g/mol. The lowest BCUT2D eigenvalue weighted by Gasteiger charge is -2.58. The molecule has 8 aliphatic carbocycles. The van der Waals surface area contributed by atoms with Crippen molar-refractivity contribution in [2.24, 2.45) is 69.0 Å². The number of hydrogen-bond donors (Lipinski definition) is 3. The number of rotatable bonds is 10. The van der Waals surface area contributed by atoms with E-state index in [1.807, 2.05) is 12.2 Å². The monoisotopic (exact) mass is 816 g/mol. The van der Waals surface area contributed by atoms with Gasteiger partial charge in [-0.15, -0.1) is 0 Å². The van der Waals surface area contributed by atoms with Gasteiger partial charge in [0.2, 0.25) is 0 Å². The van der Waals surface area contributed by atoms with E-state index >= 15 is 0 Å². The third-order valence-corrected chi connectivity index (χ3v) is 17.2. The molecule has 15 atom stereocenters. The maximum absolute atomic E-state index is 13.1. The lowest BCUT2D eigenvalue weighted by Crippen LogP contribution is -2.56. The number of ether oxygens (including phenoxy) is 2. The zero-order valence-corrected chi connectivity index (χ0v) is 35.4. The van der Waals surface area contributed by atoms with Crippen molar-refractivity contribution in [2.45, 2.75) is 123 Å². The summed E-state index contributed by atoms with van der Waals surface area (Å²) in [6.45, 7) is 8.45. The molecule has 0 aromatic rings. The molecule has 0 aromatic carbocycles. The largest absolute Gasteiger partial charge is 0.458 e. The Kier molecular flexibility index (Phi) is 12.2. The molecule has 15 unspecified atom stereocenters. The molecule has 59 heavy (non-hydrogen) atoms. The van der Waals surface area contributed by atoms with Crippen LogP contribution >= 0.6 is 0 Å². The molecule has 0 aliphatic heterocycles. The molecule has 11 heteroatoms. The number of fused-ring (bicyclic) bond motifs is 10. The number of hydrogen-bond acceptors (Lipinski definition) is 11. The van der Waals surface area contributed by atoms with Gasteiger partial charge in [0.15, 0.2) is 23.1 Å². The molecule has 0 amide bonds. The van der Waals surface area contributed by atoms with Crippen LogP contribution in [0.15, 0.2) is 47.6 Å². The quantitative estimate of drug-likeness (QED) is 0.189. The van der Waals surface area contributed by atoms with E-state index in [0.29, 0.717) is 37.4 Å². The zero-order valence-electron chi connectivity index (χ0n) is 35.4.